The van der Waals surface area contributed by atoms with Gasteiger partial charge in [-0.05, 0) is 6.07 Å². The maximum absolute atomic E-state index is 10.3. The highest BCUT2D eigenvalue weighted by atomic mass is 16.6. The third-order valence-corrected chi connectivity index (χ3v) is 1.58. The van der Waals surface area contributed by atoms with Crippen molar-refractivity contribution < 1.29 is 4.92 Å². The average Bonchev–Trinajstić information content (AvgIpc) is 2.17. The summed E-state index contributed by atoms with van der Waals surface area (Å²) in [5, 5.41) is 10.3. The van der Waals surface area contributed by atoms with Gasteiger partial charge in [0.15, 0.2) is 0 Å². The van der Waals surface area contributed by atoms with Gasteiger partial charge in [-0.3, -0.25) is 15.1 Å². The Morgan fingerprint density at radius 2 is 2.38 bits per heavy atom. The van der Waals surface area contributed by atoms with Crippen LogP contribution in [0.4, 0.5) is 5.69 Å². The summed E-state index contributed by atoms with van der Waals surface area (Å²) in [6.45, 7) is 3.50. The Labute approximate surface area is 75.0 Å². The molecule has 0 saturated carbocycles. The lowest BCUT2D eigenvalue weighted by atomic mass is 10.2. The molecule has 0 spiro atoms. The fourth-order valence-corrected chi connectivity index (χ4v) is 0.823. The van der Waals surface area contributed by atoms with Crippen LogP contribution in [-0.2, 0) is 0 Å². The quantitative estimate of drug-likeness (QED) is 0.429. The van der Waals surface area contributed by atoms with Crippen molar-refractivity contribution in [2.75, 3.05) is 0 Å². The maximum Gasteiger partial charge on any atom is 0.287 e. The van der Waals surface area contributed by atoms with Gasteiger partial charge in [-0.2, -0.15) is 0 Å². The van der Waals surface area contributed by atoms with E-state index in [-0.39, 0.29) is 11.7 Å². The van der Waals surface area contributed by atoms with Crippen LogP contribution in [0.25, 0.3) is 0 Å². The van der Waals surface area contributed by atoms with Crippen molar-refractivity contribution in [2.24, 2.45) is 5.73 Å². The van der Waals surface area contributed by atoms with Crippen molar-refractivity contribution in [1.82, 2.24) is 4.98 Å². The highest BCUT2D eigenvalue weighted by Gasteiger charge is 2.07. The van der Waals surface area contributed by atoms with Crippen molar-refractivity contribution >= 4 is 5.69 Å². The highest BCUT2D eigenvalue weighted by Crippen LogP contribution is 2.12. The summed E-state index contributed by atoms with van der Waals surface area (Å²) < 4.78 is 0. The SMILES string of the molecule is C=CC(N)c1ccc([N+](=O)[O-])cn1. The van der Waals surface area contributed by atoms with Gasteiger partial charge in [0.05, 0.1) is 16.7 Å². The summed E-state index contributed by atoms with van der Waals surface area (Å²) in [4.78, 5) is 13.6. The molecule has 0 aliphatic carbocycles. The molecule has 0 amide bonds. The smallest absolute Gasteiger partial charge is 0.287 e. The molecule has 0 saturated heterocycles. The van der Waals surface area contributed by atoms with Gasteiger partial charge in [0.25, 0.3) is 5.69 Å². The average molecular weight is 179 g/mol. The molecule has 0 fully saturated rings. The Bertz CT molecular complexity index is 321. The van der Waals surface area contributed by atoms with Crippen molar-refractivity contribution in [1.29, 1.82) is 0 Å². The predicted molar refractivity (Wildman–Crippen MR) is 48.0 cm³/mol. The largest absolute Gasteiger partial charge is 0.319 e. The Kier molecular flexibility index (Phi) is 2.71. The Hall–Kier alpha value is -1.75. The van der Waals surface area contributed by atoms with Gasteiger partial charge in [-0.1, -0.05) is 6.08 Å². The van der Waals surface area contributed by atoms with Crippen LogP contribution in [0.5, 0.6) is 0 Å². The first-order chi connectivity index (χ1) is 6.15. The van der Waals surface area contributed by atoms with E-state index in [0.717, 1.165) is 0 Å². The van der Waals surface area contributed by atoms with E-state index < -0.39 is 4.92 Å². The molecule has 0 aliphatic heterocycles. The molecule has 0 bridgehead atoms. The summed E-state index contributed by atoms with van der Waals surface area (Å²) in [5.41, 5.74) is 6.10. The van der Waals surface area contributed by atoms with Gasteiger partial charge in [-0.25, -0.2) is 0 Å². The minimum absolute atomic E-state index is 0.0417. The van der Waals surface area contributed by atoms with Crippen LogP contribution < -0.4 is 5.73 Å². The molecule has 1 rings (SSSR count). The zero-order chi connectivity index (χ0) is 9.84. The molecule has 1 aromatic rings. The second-order valence-corrected chi connectivity index (χ2v) is 2.46. The molecule has 0 aliphatic rings. The first kappa shape index (κ1) is 9.34. The summed E-state index contributed by atoms with van der Waals surface area (Å²) in [6, 6.07) is 2.51. The van der Waals surface area contributed by atoms with Crippen LogP contribution in [0, 0.1) is 10.1 Å². The lowest BCUT2D eigenvalue weighted by Crippen LogP contribution is -2.08. The second kappa shape index (κ2) is 3.77. The van der Waals surface area contributed by atoms with Gasteiger partial charge in [0.2, 0.25) is 0 Å². The fraction of sp³-hybridized carbons (Fsp3) is 0.125. The summed E-state index contributed by atoms with van der Waals surface area (Å²) >= 11 is 0. The molecular weight excluding hydrogens is 170 g/mol. The monoisotopic (exact) mass is 179 g/mol. The molecule has 1 atom stereocenters. The van der Waals surface area contributed by atoms with Crippen LogP contribution in [0.15, 0.2) is 31.0 Å². The fourth-order valence-electron chi connectivity index (χ4n) is 0.823. The van der Waals surface area contributed by atoms with Crippen molar-refractivity contribution in [3.63, 3.8) is 0 Å². The molecule has 1 heterocycles. The van der Waals surface area contributed by atoms with Gasteiger partial charge < -0.3 is 5.73 Å². The Morgan fingerprint density at radius 1 is 1.69 bits per heavy atom. The Balaban J connectivity index is 2.93. The van der Waals surface area contributed by atoms with Crippen molar-refractivity contribution in [3.8, 4) is 0 Å². The van der Waals surface area contributed by atoms with Gasteiger partial charge in [-0.15, -0.1) is 6.58 Å². The van der Waals surface area contributed by atoms with E-state index in [4.69, 9.17) is 5.73 Å². The lowest BCUT2D eigenvalue weighted by Gasteiger charge is -2.03. The van der Waals surface area contributed by atoms with E-state index >= 15 is 0 Å². The molecule has 0 radical (unpaired) electrons. The predicted octanol–water partition coefficient (Wildman–Crippen LogP) is 1.18. The number of hydrogen-bond acceptors (Lipinski definition) is 4. The minimum atomic E-state index is -0.504. The van der Waals surface area contributed by atoms with Crippen molar-refractivity contribution in [2.45, 2.75) is 6.04 Å². The topological polar surface area (TPSA) is 82.0 Å². The summed E-state index contributed by atoms with van der Waals surface area (Å²) in [6.07, 6.45) is 2.70. The van der Waals surface area contributed by atoms with Crippen LogP contribution in [0.3, 0.4) is 0 Å². The van der Waals surface area contributed by atoms with Crippen LogP contribution in [0.2, 0.25) is 0 Å². The molecule has 5 nitrogen and oxygen atoms in total. The van der Waals surface area contributed by atoms with E-state index in [1.165, 1.54) is 24.4 Å². The van der Waals surface area contributed by atoms with Gasteiger partial charge in [0.1, 0.15) is 6.20 Å². The third-order valence-electron chi connectivity index (χ3n) is 1.58. The first-order valence-electron chi connectivity index (χ1n) is 3.63. The number of nitrogens with zero attached hydrogens (tertiary/aromatic N) is 2. The maximum atomic E-state index is 10.3. The molecular formula is C8H9N3O2. The normalized spacial score (nSPS) is 12.1. The second-order valence-electron chi connectivity index (χ2n) is 2.46. The van der Waals surface area contributed by atoms with Crippen LogP contribution in [-0.4, -0.2) is 9.91 Å². The molecule has 13 heavy (non-hydrogen) atoms. The highest BCUT2D eigenvalue weighted by molar-refractivity contribution is 5.28. The molecule has 5 heteroatoms. The molecule has 68 valence electrons. The molecule has 1 unspecified atom stereocenters. The number of aromatic nitrogens is 1. The standard InChI is InChI=1S/C8H9N3O2/c1-2-7(9)8-4-3-6(5-10-8)11(12)13/h2-5,7H,1,9H2. The zero-order valence-corrected chi connectivity index (χ0v) is 6.88. The first-order valence-corrected chi connectivity index (χ1v) is 3.63. The van der Waals surface area contributed by atoms with Crippen LogP contribution in [0.1, 0.15) is 11.7 Å². The van der Waals surface area contributed by atoms with E-state index in [1.54, 1.807) is 0 Å². The summed E-state index contributed by atoms with van der Waals surface area (Å²) in [5.74, 6) is 0. The van der Waals surface area contributed by atoms with Gasteiger partial charge in [0, 0.05) is 6.07 Å². The number of pyridine rings is 1. The van der Waals surface area contributed by atoms with E-state index in [9.17, 15) is 10.1 Å². The van der Waals surface area contributed by atoms with E-state index in [0.29, 0.717) is 5.69 Å². The zero-order valence-electron chi connectivity index (χ0n) is 6.88. The number of nitrogens with two attached hydrogens (primary N) is 1. The number of nitro groups is 1. The van der Waals surface area contributed by atoms with Crippen LogP contribution >= 0.6 is 0 Å². The third kappa shape index (κ3) is 2.09. The minimum Gasteiger partial charge on any atom is -0.319 e. The molecule has 0 aromatic carbocycles. The van der Waals surface area contributed by atoms with Crippen molar-refractivity contribution in [3.05, 3.63) is 46.8 Å². The number of hydrogen-bond donors (Lipinski definition) is 1. The van der Waals surface area contributed by atoms with Gasteiger partial charge >= 0.3 is 0 Å². The summed E-state index contributed by atoms with van der Waals surface area (Å²) in [7, 11) is 0. The van der Waals surface area contributed by atoms with E-state index in [1.807, 2.05) is 0 Å². The molecule has 2 N–H and O–H groups in total. The lowest BCUT2D eigenvalue weighted by molar-refractivity contribution is -0.385. The molecule has 1 aromatic heterocycles. The number of rotatable bonds is 3. The Morgan fingerprint density at radius 3 is 2.77 bits per heavy atom. The van der Waals surface area contributed by atoms with E-state index in [2.05, 4.69) is 11.6 Å².